The number of benzene rings is 3. The van der Waals surface area contributed by atoms with Gasteiger partial charge in [0.1, 0.15) is 5.75 Å². The molecule has 0 spiro atoms. The van der Waals surface area contributed by atoms with E-state index in [2.05, 4.69) is 6.92 Å². The summed E-state index contributed by atoms with van der Waals surface area (Å²) in [7, 11) is -4.15. The molecule has 1 atom stereocenters. The minimum absolute atomic E-state index is 0.0308. The summed E-state index contributed by atoms with van der Waals surface area (Å²) in [6.45, 7) is 5.47. The van der Waals surface area contributed by atoms with Crippen molar-refractivity contribution < 1.29 is 17.9 Å². The van der Waals surface area contributed by atoms with Crippen LogP contribution >= 0.6 is 11.6 Å². The lowest BCUT2D eigenvalue weighted by atomic mass is 10.1. The van der Waals surface area contributed by atoms with Crippen LogP contribution in [-0.2, 0) is 21.2 Å². The maximum atomic E-state index is 13.5. The maximum Gasteiger partial charge on any atom is 0.281 e. The number of carbonyl (C=O) groups excluding carboxylic acids is 1. The first-order valence-electron chi connectivity index (χ1n) is 10.9. The second-order valence-corrected chi connectivity index (χ2v) is 10.1. The summed E-state index contributed by atoms with van der Waals surface area (Å²) in [6, 6.07) is 20.0. The number of hydrogen-bond acceptors (Lipinski definition) is 4. The average molecular weight is 486 g/mol. The largest absolute Gasteiger partial charge is 0.481 e. The van der Waals surface area contributed by atoms with Crippen molar-refractivity contribution >= 4 is 33.2 Å². The van der Waals surface area contributed by atoms with E-state index in [0.29, 0.717) is 10.8 Å². The lowest BCUT2D eigenvalue weighted by Crippen LogP contribution is -2.44. The number of anilines is 1. The molecule has 174 valence electrons. The predicted molar refractivity (Wildman–Crippen MR) is 132 cm³/mol. The van der Waals surface area contributed by atoms with Gasteiger partial charge in [0.25, 0.3) is 15.9 Å². The SMILES string of the molecule is CCCCc1ccc(N(C(=O)C(C)Oc2ccc(Cl)cc2C)S(=O)(=O)c2ccccc2)cc1. The van der Waals surface area contributed by atoms with E-state index in [1.165, 1.54) is 12.1 Å². The van der Waals surface area contributed by atoms with Crippen LogP contribution in [0.15, 0.2) is 77.7 Å². The zero-order valence-electron chi connectivity index (χ0n) is 19.0. The average Bonchev–Trinajstić information content (AvgIpc) is 2.80. The summed E-state index contributed by atoms with van der Waals surface area (Å²) in [5.74, 6) is -0.221. The van der Waals surface area contributed by atoms with Crippen LogP contribution in [0.5, 0.6) is 5.75 Å². The first kappa shape index (κ1) is 24.8. The van der Waals surface area contributed by atoms with Crippen LogP contribution in [0.1, 0.15) is 37.8 Å². The molecule has 0 saturated carbocycles. The van der Waals surface area contributed by atoms with E-state index in [-0.39, 0.29) is 10.6 Å². The number of rotatable bonds is 9. The van der Waals surface area contributed by atoms with Crippen LogP contribution in [0.2, 0.25) is 5.02 Å². The number of nitrogens with zero attached hydrogens (tertiary/aromatic N) is 1. The summed E-state index contributed by atoms with van der Waals surface area (Å²) >= 11 is 6.01. The number of unbranched alkanes of at least 4 members (excludes halogenated alkanes) is 1. The van der Waals surface area contributed by atoms with E-state index < -0.39 is 22.0 Å². The van der Waals surface area contributed by atoms with E-state index in [4.69, 9.17) is 16.3 Å². The Hall–Kier alpha value is -2.83. The summed E-state index contributed by atoms with van der Waals surface area (Å²) in [5, 5.41) is 0.551. The Morgan fingerprint density at radius 3 is 2.30 bits per heavy atom. The van der Waals surface area contributed by atoms with Gasteiger partial charge in [-0.3, -0.25) is 4.79 Å². The van der Waals surface area contributed by atoms with E-state index in [0.717, 1.165) is 34.7 Å². The molecule has 3 aromatic rings. The van der Waals surface area contributed by atoms with Crippen molar-refractivity contribution in [3.8, 4) is 5.75 Å². The van der Waals surface area contributed by atoms with Crippen molar-refractivity contribution in [2.24, 2.45) is 0 Å². The Balaban J connectivity index is 1.98. The van der Waals surface area contributed by atoms with Crippen molar-refractivity contribution in [2.75, 3.05) is 4.31 Å². The molecule has 0 heterocycles. The fraction of sp³-hybridized carbons (Fsp3) is 0.269. The maximum absolute atomic E-state index is 13.5. The molecule has 0 radical (unpaired) electrons. The lowest BCUT2D eigenvalue weighted by molar-refractivity contribution is -0.123. The smallest absolute Gasteiger partial charge is 0.281 e. The number of amides is 1. The number of carbonyl (C=O) groups is 1. The Morgan fingerprint density at radius 2 is 1.70 bits per heavy atom. The van der Waals surface area contributed by atoms with Crippen molar-refractivity contribution in [3.63, 3.8) is 0 Å². The van der Waals surface area contributed by atoms with Crippen molar-refractivity contribution in [3.05, 3.63) is 88.9 Å². The van der Waals surface area contributed by atoms with E-state index in [1.807, 2.05) is 19.1 Å². The van der Waals surface area contributed by atoms with Crippen molar-refractivity contribution in [1.29, 1.82) is 0 Å². The van der Waals surface area contributed by atoms with Gasteiger partial charge in [-0.2, -0.15) is 4.31 Å². The molecule has 7 heteroatoms. The minimum Gasteiger partial charge on any atom is -0.481 e. The lowest BCUT2D eigenvalue weighted by Gasteiger charge is -2.26. The highest BCUT2D eigenvalue weighted by Crippen LogP contribution is 2.28. The van der Waals surface area contributed by atoms with Crippen LogP contribution in [0, 0.1) is 6.92 Å². The molecule has 0 aromatic heterocycles. The quantitative estimate of drug-likeness (QED) is 0.363. The van der Waals surface area contributed by atoms with Crippen LogP contribution < -0.4 is 9.04 Å². The standard InChI is InChI=1S/C26H28ClNO4S/c1-4-5-9-21-12-15-23(16-13-21)28(33(30,31)24-10-7-6-8-11-24)26(29)20(3)32-25-17-14-22(27)18-19(25)2/h6-8,10-18,20H,4-5,9H2,1-3H3. The highest BCUT2D eigenvalue weighted by molar-refractivity contribution is 7.93. The van der Waals surface area contributed by atoms with Gasteiger partial charge in [-0.15, -0.1) is 0 Å². The Kier molecular flexibility index (Phi) is 8.16. The van der Waals surface area contributed by atoms with Gasteiger partial charge in [-0.05, 0) is 80.3 Å². The Bertz CT molecular complexity index is 1190. The van der Waals surface area contributed by atoms with Crippen molar-refractivity contribution in [2.45, 2.75) is 51.0 Å². The normalized spacial score (nSPS) is 12.2. The number of sulfonamides is 1. The third-order valence-corrected chi connectivity index (χ3v) is 7.23. The zero-order chi connectivity index (χ0) is 24.0. The molecule has 0 fully saturated rings. The molecule has 0 saturated heterocycles. The third-order valence-electron chi connectivity index (χ3n) is 5.26. The topological polar surface area (TPSA) is 63.7 Å². The number of halogens is 1. The molecule has 5 nitrogen and oxygen atoms in total. The van der Waals surface area contributed by atoms with E-state index >= 15 is 0 Å². The first-order valence-corrected chi connectivity index (χ1v) is 12.7. The first-order chi connectivity index (χ1) is 15.7. The fourth-order valence-electron chi connectivity index (χ4n) is 3.41. The van der Waals surface area contributed by atoms with E-state index in [1.54, 1.807) is 55.5 Å². The van der Waals surface area contributed by atoms with Gasteiger partial charge < -0.3 is 4.74 Å². The van der Waals surface area contributed by atoms with Crippen LogP contribution in [0.3, 0.4) is 0 Å². The third kappa shape index (κ3) is 5.95. The van der Waals surface area contributed by atoms with Gasteiger partial charge in [0.2, 0.25) is 0 Å². The Labute approximate surface area is 201 Å². The molecule has 0 aliphatic rings. The molecule has 0 aliphatic heterocycles. The molecule has 0 bridgehead atoms. The zero-order valence-corrected chi connectivity index (χ0v) is 20.6. The molecular formula is C26H28ClNO4S. The molecule has 3 rings (SSSR count). The number of ether oxygens (including phenoxy) is 1. The molecular weight excluding hydrogens is 458 g/mol. The molecule has 1 amide bonds. The number of aryl methyl sites for hydroxylation is 2. The molecule has 1 unspecified atom stereocenters. The molecule has 0 N–H and O–H groups in total. The monoisotopic (exact) mass is 485 g/mol. The summed E-state index contributed by atoms with van der Waals surface area (Å²) in [6.07, 6.45) is 1.94. The van der Waals surface area contributed by atoms with Gasteiger partial charge in [-0.25, -0.2) is 8.42 Å². The van der Waals surface area contributed by atoms with Gasteiger partial charge in [0.15, 0.2) is 6.10 Å². The second-order valence-electron chi connectivity index (χ2n) is 7.86. The van der Waals surface area contributed by atoms with Crippen LogP contribution in [0.25, 0.3) is 0 Å². The minimum atomic E-state index is -4.15. The highest BCUT2D eigenvalue weighted by atomic mass is 35.5. The van der Waals surface area contributed by atoms with Gasteiger partial charge in [0.05, 0.1) is 10.6 Å². The Morgan fingerprint density at radius 1 is 1.03 bits per heavy atom. The second kappa shape index (κ2) is 10.9. The van der Waals surface area contributed by atoms with Crippen LogP contribution in [-0.4, -0.2) is 20.4 Å². The summed E-state index contributed by atoms with van der Waals surface area (Å²) < 4.78 is 33.8. The van der Waals surface area contributed by atoms with Crippen LogP contribution in [0.4, 0.5) is 5.69 Å². The van der Waals surface area contributed by atoms with Gasteiger partial charge >= 0.3 is 0 Å². The molecule has 3 aromatic carbocycles. The van der Waals surface area contributed by atoms with Gasteiger partial charge in [-0.1, -0.05) is 55.3 Å². The predicted octanol–water partition coefficient (Wildman–Crippen LogP) is 6.18. The fourth-order valence-corrected chi connectivity index (χ4v) is 5.14. The van der Waals surface area contributed by atoms with E-state index in [9.17, 15) is 13.2 Å². The van der Waals surface area contributed by atoms with Crippen molar-refractivity contribution in [1.82, 2.24) is 0 Å². The highest BCUT2D eigenvalue weighted by Gasteiger charge is 2.35. The molecule has 0 aliphatic carbocycles. The molecule has 33 heavy (non-hydrogen) atoms. The van der Waals surface area contributed by atoms with Gasteiger partial charge in [0, 0.05) is 5.02 Å². The summed E-state index contributed by atoms with van der Waals surface area (Å²) in [4.78, 5) is 13.5. The number of hydrogen-bond donors (Lipinski definition) is 0. The summed E-state index contributed by atoms with van der Waals surface area (Å²) in [5.41, 5.74) is 2.11.